The summed E-state index contributed by atoms with van der Waals surface area (Å²) in [5.41, 5.74) is 0.236. The number of benzene rings is 2. The third kappa shape index (κ3) is 7.90. The molecular weight excluding hydrogens is 515 g/mol. The number of amides is 1. The summed E-state index contributed by atoms with van der Waals surface area (Å²) in [6, 6.07) is 11.2. The second-order valence-corrected chi connectivity index (χ2v) is 10.7. The van der Waals surface area contributed by atoms with Gasteiger partial charge in [-0.05, 0) is 68.5 Å². The number of halogens is 2. The van der Waals surface area contributed by atoms with E-state index in [1.54, 1.807) is 25.3 Å². The molecule has 1 amide bonds. The molecule has 0 spiro atoms. The Morgan fingerprint density at radius 1 is 0.973 bits per heavy atom. The van der Waals surface area contributed by atoms with Crippen LogP contribution in [-0.4, -0.2) is 72.9 Å². The molecular formula is C28H36Cl2N2O5. The van der Waals surface area contributed by atoms with Crippen molar-refractivity contribution in [3.05, 3.63) is 52.0 Å². The van der Waals surface area contributed by atoms with Gasteiger partial charge in [0, 0.05) is 38.7 Å². The second-order valence-electron chi connectivity index (χ2n) is 9.89. The van der Waals surface area contributed by atoms with E-state index in [1.165, 1.54) is 0 Å². The number of hydrogen-bond donors (Lipinski definition) is 1. The van der Waals surface area contributed by atoms with Gasteiger partial charge in [-0.3, -0.25) is 9.69 Å². The highest BCUT2D eigenvalue weighted by molar-refractivity contribution is 6.42. The highest BCUT2D eigenvalue weighted by Crippen LogP contribution is 2.31. The van der Waals surface area contributed by atoms with Gasteiger partial charge in [-0.2, -0.15) is 0 Å². The van der Waals surface area contributed by atoms with Crippen molar-refractivity contribution >= 4 is 29.1 Å². The molecule has 0 aromatic heterocycles. The molecule has 2 aliphatic heterocycles. The molecule has 1 N–H and O–H groups in total. The number of rotatable bonds is 11. The molecule has 0 aliphatic carbocycles. The quantitative estimate of drug-likeness (QED) is 0.388. The monoisotopic (exact) mass is 550 g/mol. The van der Waals surface area contributed by atoms with Crippen molar-refractivity contribution in [2.24, 2.45) is 0 Å². The van der Waals surface area contributed by atoms with Crippen molar-refractivity contribution in [1.82, 2.24) is 9.80 Å². The zero-order valence-electron chi connectivity index (χ0n) is 21.4. The number of methoxy groups -OCH3 is 1. The molecule has 202 valence electrons. The van der Waals surface area contributed by atoms with Gasteiger partial charge >= 0.3 is 0 Å². The minimum atomic E-state index is -0.893. The van der Waals surface area contributed by atoms with Crippen molar-refractivity contribution in [2.45, 2.75) is 50.7 Å². The fourth-order valence-electron chi connectivity index (χ4n) is 4.89. The van der Waals surface area contributed by atoms with Crippen LogP contribution < -0.4 is 14.2 Å². The van der Waals surface area contributed by atoms with Crippen molar-refractivity contribution < 1.29 is 24.1 Å². The molecule has 2 aliphatic rings. The van der Waals surface area contributed by atoms with Gasteiger partial charge in [0.2, 0.25) is 5.91 Å². The Bertz CT molecular complexity index is 1070. The number of hydrogen-bond acceptors (Lipinski definition) is 6. The molecule has 2 aromatic carbocycles. The maximum Gasteiger partial charge on any atom is 0.222 e. The molecule has 2 saturated heterocycles. The Morgan fingerprint density at radius 2 is 1.84 bits per heavy atom. The first-order chi connectivity index (χ1) is 17.8. The predicted octanol–water partition coefficient (Wildman–Crippen LogP) is 5.19. The lowest BCUT2D eigenvalue weighted by Crippen LogP contribution is -2.37. The normalized spacial score (nSPS) is 20.6. The minimum absolute atomic E-state index is 0.213. The average Bonchev–Trinajstić information content (AvgIpc) is 3.21. The number of ether oxygens (including phenoxy) is 3. The van der Waals surface area contributed by atoms with Gasteiger partial charge in [-0.25, -0.2) is 0 Å². The van der Waals surface area contributed by atoms with Gasteiger partial charge in [0.05, 0.1) is 29.4 Å². The van der Waals surface area contributed by atoms with Gasteiger partial charge in [-0.15, -0.1) is 0 Å². The first-order valence-corrected chi connectivity index (χ1v) is 13.7. The smallest absolute Gasteiger partial charge is 0.222 e. The average molecular weight is 552 g/mol. The van der Waals surface area contributed by atoms with Crippen LogP contribution in [0.15, 0.2) is 36.4 Å². The summed E-state index contributed by atoms with van der Waals surface area (Å²) in [5, 5.41) is 12.1. The largest absolute Gasteiger partial charge is 0.493 e. The molecule has 4 rings (SSSR count). The lowest BCUT2D eigenvalue weighted by Gasteiger charge is -2.27. The lowest BCUT2D eigenvalue weighted by molar-refractivity contribution is -0.127. The van der Waals surface area contributed by atoms with Crippen LogP contribution in [0.1, 0.15) is 44.1 Å². The van der Waals surface area contributed by atoms with Gasteiger partial charge in [0.25, 0.3) is 0 Å². The van der Waals surface area contributed by atoms with Crippen molar-refractivity contribution in [1.29, 1.82) is 0 Å². The summed E-state index contributed by atoms with van der Waals surface area (Å²) in [7, 11) is 1.65. The van der Waals surface area contributed by atoms with Crippen LogP contribution in [0.3, 0.4) is 0 Å². The highest BCUT2D eigenvalue weighted by atomic mass is 35.5. The van der Waals surface area contributed by atoms with Crippen molar-refractivity contribution in [3.8, 4) is 17.2 Å². The van der Waals surface area contributed by atoms with Crippen LogP contribution in [0.2, 0.25) is 10.0 Å². The summed E-state index contributed by atoms with van der Waals surface area (Å²) in [4.78, 5) is 16.0. The highest BCUT2D eigenvalue weighted by Gasteiger charge is 2.31. The number of carbonyl (C=O) groups excluding carboxylic acids is 1. The number of carbonyl (C=O) groups is 1. The van der Waals surface area contributed by atoms with Crippen LogP contribution in [0.4, 0.5) is 0 Å². The van der Waals surface area contributed by atoms with Crippen LogP contribution >= 0.6 is 23.2 Å². The zero-order valence-corrected chi connectivity index (χ0v) is 22.9. The fraction of sp³-hybridized carbons (Fsp3) is 0.536. The number of nitrogens with zero attached hydrogens (tertiary/aromatic N) is 2. The van der Waals surface area contributed by atoms with E-state index in [0.717, 1.165) is 57.5 Å². The molecule has 2 heterocycles. The van der Waals surface area contributed by atoms with Crippen LogP contribution in [0.5, 0.6) is 17.2 Å². The zero-order chi connectivity index (χ0) is 26.3. The van der Waals surface area contributed by atoms with Gasteiger partial charge < -0.3 is 24.2 Å². The Hall–Kier alpha value is -2.19. The number of aliphatic hydroxyl groups is 1. The molecule has 7 nitrogen and oxygen atoms in total. The van der Waals surface area contributed by atoms with Crippen LogP contribution in [-0.2, 0) is 11.3 Å². The maximum atomic E-state index is 11.7. The predicted molar refractivity (Wildman–Crippen MR) is 145 cm³/mol. The summed E-state index contributed by atoms with van der Waals surface area (Å²) >= 11 is 12.0. The lowest BCUT2D eigenvalue weighted by atomic mass is 9.96. The minimum Gasteiger partial charge on any atom is -0.493 e. The Kier molecular flexibility index (Phi) is 9.82. The Morgan fingerprint density at radius 3 is 2.59 bits per heavy atom. The van der Waals surface area contributed by atoms with Gasteiger partial charge in [0.15, 0.2) is 11.5 Å². The molecule has 9 heteroatoms. The van der Waals surface area contributed by atoms with E-state index in [9.17, 15) is 9.90 Å². The van der Waals surface area contributed by atoms with E-state index in [-0.39, 0.29) is 12.5 Å². The molecule has 2 fully saturated rings. The van der Waals surface area contributed by atoms with E-state index in [1.807, 2.05) is 17.0 Å². The SMILES string of the molecule is COc1cc(CN2CCCC(O)(COc3ccc(Cl)c(Cl)c3)CC2)ccc1OCCCN1CCCC1=O. The molecule has 0 saturated carbocycles. The summed E-state index contributed by atoms with van der Waals surface area (Å²) in [5.74, 6) is 2.26. The topological polar surface area (TPSA) is 71.5 Å². The standard InChI is InChI=1S/C28H36Cl2N2O5/c1-35-26-17-21(6-9-25(26)36-16-4-14-32-13-2-5-27(32)33)19-31-12-3-10-28(34,11-15-31)20-37-22-7-8-23(29)24(30)18-22/h6-9,17-18,34H,2-5,10-16,19-20H2,1H3. The Labute approximate surface area is 229 Å². The molecule has 1 atom stereocenters. The molecule has 1 unspecified atom stereocenters. The second kappa shape index (κ2) is 13.1. The van der Waals surface area contributed by atoms with Gasteiger partial charge in [0.1, 0.15) is 12.4 Å². The molecule has 2 aromatic rings. The van der Waals surface area contributed by atoms with E-state index in [2.05, 4.69) is 11.0 Å². The maximum absolute atomic E-state index is 11.7. The van der Waals surface area contributed by atoms with E-state index in [0.29, 0.717) is 53.2 Å². The Balaban J connectivity index is 1.25. The summed E-state index contributed by atoms with van der Waals surface area (Å²) < 4.78 is 17.4. The van der Waals surface area contributed by atoms with E-state index >= 15 is 0 Å². The number of likely N-dealkylation sites (tertiary alicyclic amines) is 2. The van der Waals surface area contributed by atoms with Crippen molar-refractivity contribution in [3.63, 3.8) is 0 Å². The summed E-state index contributed by atoms with van der Waals surface area (Å²) in [6.07, 6.45) is 4.58. The third-order valence-electron chi connectivity index (χ3n) is 7.04. The van der Waals surface area contributed by atoms with E-state index in [4.69, 9.17) is 37.4 Å². The fourth-order valence-corrected chi connectivity index (χ4v) is 5.18. The molecule has 0 radical (unpaired) electrons. The van der Waals surface area contributed by atoms with Gasteiger partial charge in [-0.1, -0.05) is 29.3 Å². The van der Waals surface area contributed by atoms with Crippen LogP contribution in [0.25, 0.3) is 0 Å². The van der Waals surface area contributed by atoms with Crippen molar-refractivity contribution in [2.75, 3.05) is 46.5 Å². The first kappa shape index (κ1) is 27.8. The third-order valence-corrected chi connectivity index (χ3v) is 7.78. The molecule has 37 heavy (non-hydrogen) atoms. The van der Waals surface area contributed by atoms with Crippen LogP contribution in [0, 0.1) is 0 Å². The summed E-state index contributed by atoms with van der Waals surface area (Å²) in [6.45, 7) is 4.76. The molecule has 0 bridgehead atoms. The first-order valence-electron chi connectivity index (χ1n) is 13.0. The van der Waals surface area contributed by atoms with E-state index < -0.39 is 5.60 Å².